The molecule has 1 aromatic carbocycles. The molecule has 2 rings (SSSR count). The van der Waals surface area contributed by atoms with E-state index in [1.807, 2.05) is 13.8 Å². The Morgan fingerprint density at radius 2 is 1.96 bits per heavy atom. The van der Waals surface area contributed by atoms with Crippen molar-refractivity contribution >= 4 is 33.4 Å². The summed E-state index contributed by atoms with van der Waals surface area (Å²) in [6, 6.07) is 5.89. The number of benzene rings is 1. The summed E-state index contributed by atoms with van der Waals surface area (Å²) < 4.78 is 26.1. The number of rotatable bonds is 7. The molecule has 1 fully saturated rings. The van der Waals surface area contributed by atoms with Crippen LogP contribution in [-0.2, 0) is 14.8 Å². The van der Waals surface area contributed by atoms with Crippen LogP contribution < -0.4 is 5.11 Å². The molecular weight excluding hydrogens is 352 g/mol. The number of carbonyl (C=O) groups is 1. The van der Waals surface area contributed by atoms with E-state index in [0.717, 1.165) is 29.2 Å². The first kappa shape index (κ1) is 18.7. The van der Waals surface area contributed by atoms with Crippen LogP contribution in [0.4, 0.5) is 5.69 Å². The Kier molecular flexibility index (Phi) is 6.19. The number of thioether (sulfide) groups is 1. The smallest absolute Gasteiger partial charge is 0.244 e. The van der Waals surface area contributed by atoms with Crippen LogP contribution in [0.15, 0.2) is 39.5 Å². The fourth-order valence-corrected chi connectivity index (χ4v) is 5.16. The van der Waals surface area contributed by atoms with Crippen molar-refractivity contribution in [2.24, 2.45) is 10.3 Å². The van der Waals surface area contributed by atoms with E-state index in [2.05, 4.69) is 10.3 Å². The van der Waals surface area contributed by atoms with Crippen molar-refractivity contribution in [3.63, 3.8) is 0 Å². The average molecular weight is 371 g/mol. The summed E-state index contributed by atoms with van der Waals surface area (Å²) in [5, 5.41) is 19.7. The van der Waals surface area contributed by atoms with Crippen molar-refractivity contribution in [2.45, 2.75) is 24.1 Å². The Balaban J connectivity index is 2.19. The zero-order valence-electron chi connectivity index (χ0n) is 13.5. The van der Waals surface area contributed by atoms with Gasteiger partial charge in [0.2, 0.25) is 10.0 Å². The van der Waals surface area contributed by atoms with Gasteiger partial charge in [0, 0.05) is 25.4 Å². The fraction of sp³-hybridized carbons (Fsp3) is 0.500. The van der Waals surface area contributed by atoms with Gasteiger partial charge in [-0.3, -0.25) is 5.01 Å². The predicted octanol–water partition coefficient (Wildman–Crippen LogP) is 0.841. The van der Waals surface area contributed by atoms with Gasteiger partial charge in [-0.05, 0) is 38.1 Å². The number of carboxylic acid groups (broad SMARTS) is 1. The number of carbonyl (C=O) groups excluding carboxylic acids is 1. The van der Waals surface area contributed by atoms with Crippen LogP contribution in [0.1, 0.15) is 13.8 Å². The number of nitrogens with zero attached hydrogens (tertiary/aromatic N) is 4. The molecule has 1 aliphatic heterocycles. The summed E-state index contributed by atoms with van der Waals surface area (Å²) in [5.41, 5.74) is 0.521. The van der Waals surface area contributed by atoms with Crippen LogP contribution in [0.3, 0.4) is 0 Å². The van der Waals surface area contributed by atoms with E-state index in [-0.39, 0.29) is 11.4 Å². The minimum atomic E-state index is -3.88. The first-order valence-corrected chi connectivity index (χ1v) is 10.00. The predicted molar refractivity (Wildman–Crippen MR) is 89.0 cm³/mol. The van der Waals surface area contributed by atoms with E-state index in [1.165, 1.54) is 24.3 Å². The van der Waals surface area contributed by atoms with Crippen molar-refractivity contribution < 1.29 is 18.3 Å². The lowest BCUT2D eigenvalue weighted by Gasteiger charge is -2.23. The molecule has 132 valence electrons. The van der Waals surface area contributed by atoms with Gasteiger partial charge in [-0.1, -0.05) is 5.22 Å². The van der Waals surface area contributed by atoms with E-state index in [9.17, 15) is 18.3 Å². The van der Waals surface area contributed by atoms with Crippen LogP contribution in [-0.4, -0.2) is 54.5 Å². The monoisotopic (exact) mass is 371 g/mol. The van der Waals surface area contributed by atoms with Crippen molar-refractivity contribution in [1.82, 2.24) is 9.31 Å². The highest BCUT2D eigenvalue weighted by molar-refractivity contribution is 8.02. The first-order valence-electron chi connectivity index (χ1n) is 7.51. The molecule has 8 nitrogen and oxygen atoms in total. The summed E-state index contributed by atoms with van der Waals surface area (Å²) in [7, 11) is -3.88. The lowest BCUT2D eigenvalue weighted by atomic mass is 10.3. The number of hydrogen-bond donors (Lipinski definition) is 0. The number of sulfonamides is 1. The van der Waals surface area contributed by atoms with Gasteiger partial charge in [0.1, 0.15) is 5.37 Å². The molecule has 0 amide bonds. The van der Waals surface area contributed by atoms with E-state index in [4.69, 9.17) is 0 Å². The Labute approximate surface area is 145 Å². The van der Waals surface area contributed by atoms with Gasteiger partial charge < -0.3 is 9.90 Å². The maximum Gasteiger partial charge on any atom is 0.244 e. The standard InChI is InChI=1S/C14H20N4O4S2/c1-3-17(4-2)16-15-11-5-7-12(8-6-11)24(21,22)18-9-10-23-13(18)14(19)20/h5-8,13H,3-4,9-10H2,1-2H3,(H,19,20)/p-1. The quantitative estimate of drug-likeness (QED) is 0.519. The van der Waals surface area contributed by atoms with Gasteiger partial charge in [-0.25, -0.2) is 8.42 Å². The van der Waals surface area contributed by atoms with E-state index < -0.39 is 21.4 Å². The zero-order chi connectivity index (χ0) is 17.7. The van der Waals surface area contributed by atoms with Crippen LogP contribution in [0.25, 0.3) is 0 Å². The van der Waals surface area contributed by atoms with Crippen LogP contribution >= 0.6 is 11.8 Å². The molecule has 1 heterocycles. The van der Waals surface area contributed by atoms with Crippen LogP contribution in [0.2, 0.25) is 0 Å². The fourth-order valence-electron chi connectivity index (χ4n) is 2.17. The van der Waals surface area contributed by atoms with Gasteiger partial charge >= 0.3 is 0 Å². The molecule has 0 saturated carbocycles. The maximum atomic E-state index is 12.6. The molecule has 1 aliphatic rings. The van der Waals surface area contributed by atoms with Gasteiger partial charge in [-0.15, -0.1) is 16.9 Å². The van der Waals surface area contributed by atoms with Gasteiger partial charge in [0.25, 0.3) is 0 Å². The lowest BCUT2D eigenvalue weighted by molar-refractivity contribution is -0.306. The summed E-state index contributed by atoms with van der Waals surface area (Å²) >= 11 is 1.05. The van der Waals surface area contributed by atoms with Crippen molar-refractivity contribution in [2.75, 3.05) is 25.4 Å². The molecular formula is C14H19N4O4S2-. The molecule has 0 aromatic heterocycles. The number of aliphatic carboxylic acids is 1. The minimum absolute atomic E-state index is 0.0260. The Hall–Kier alpha value is -1.65. The SMILES string of the molecule is CCN(CC)N=Nc1ccc(S(=O)(=O)N2CCSC2C(=O)[O-])cc1. The molecule has 1 aromatic rings. The molecule has 1 saturated heterocycles. The Bertz CT molecular complexity index is 702. The maximum absolute atomic E-state index is 12.6. The molecule has 10 heteroatoms. The third-order valence-corrected chi connectivity index (χ3v) is 6.70. The van der Waals surface area contributed by atoms with Crippen LogP contribution in [0, 0.1) is 0 Å². The summed E-state index contributed by atoms with van der Waals surface area (Å²) in [6.07, 6.45) is 0. The van der Waals surface area contributed by atoms with E-state index in [1.54, 1.807) is 5.01 Å². The normalized spacial score (nSPS) is 19.0. The molecule has 24 heavy (non-hydrogen) atoms. The first-order chi connectivity index (χ1) is 11.4. The highest BCUT2D eigenvalue weighted by atomic mass is 32.2. The molecule has 0 spiro atoms. The largest absolute Gasteiger partial charge is 0.547 e. The number of carboxylic acids is 1. The summed E-state index contributed by atoms with van der Waals surface area (Å²) in [5.74, 6) is -0.973. The zero-order valence-corrected chi connectivity index (χ0v) is 15.1. The molecule has 1 atom stereocenters. The second-order valence-electron chi connectivity index (χ2n) is 4.98. The lowest BCUT2D eigenvalue weighted by Crippen LogP contribution is -2.45. The summed E-state index contributed by atoms with van der Waals surface area (Å²) in [6.45, 7) is 5.52. The third-order valence-electron chi connectivity index (χ3n) is 3.51. The molecule has 0 bridgehead atoms. The summed E-state index contributed by atoms with van der Waals surface area (Å²) in [4.78, 5) is 11.1. The average Bonchev–Trinajstić information content (AvgIpc) is 3.07. The second-order valence-corrected chi connectivity index (χ2v) is 8.06. The molecule has 0 aliphatic carbocycles. The van der Waals surface area contributed by atoms with Crippen molar-refractivity contribution in [1.29, 1.82) is 0 Å². The van der Waals surface area contributed by atoms with Gasteiger partial charge in [0.15, 0.2) is 0 Å². The third kappa shape index (κ3) is 4.05. The van der Waals surface area contributed by atoms with E-state index in [0.29, 0.717) is 11.4 Å². The Morgan fingerprint density at radius 1 is 1.33 bits per heavy atom. The topological polar surface area (TPSA) is 105 Å². The number of hydrogen-bond acceptors (Lipinski definition) is 7. The Morgan fingerprint density at radius 3 is 2.50 bits per heavy atom. The highest BCUT2D eigenvalue weighted by Gasteiger charge is 2.36. The molecule has 1 unspecified atom stereocenters. The van der Waals surface area contributed by atoms with Crippen molar-refractivity contribution in [3.8, 4) is 0 Å². The van der Waals surface area contributed by atoms with E-state index >= 15 is 0 Å². The molecule has 0 radical (unpaired) electrons. The second kappa shape index (κ2) is 7.95. The molecule has 0 N–H and O–H groups in total. The van der Waals surface area contributed by atoms with Gasteiger partial charge in [-0.2, -0.15) is 4.31 Å². The van der Waals surface area contributed by atoms with Gasteiger partial charge in [0.05, 0.1) is 16.6 Å². The van der Waals surface area contributed by atoms with Crippen molar-refractivity contribution in [3.05, 3.63) is 24.3 Å². The minimum Gasteiger partial charge on any atom is -0.547 e. The highest BCUT2D eigenvalue weighted by Crippen LogP contribution is 2.30. The van der Waals surface area contributed by atoms with Crippen LogP contribution in [0.5, 0.6) is 0 Å².